The molecular weight excluding hydrogens is 757 g/mol. The summed E-state index contributed by atoms with van der Waals surface area (Å²) in [6, 6.07) is 62.7. The van der Waals surface area contributed by atoms with Gasteiger partial charge in [-0.25, -0.2) is 15.0 Å². The molecule has 13 rings (SSSR count). The fourth-order valence-corrected chi connectivity index (χ4v) is 9.71. The number of fused-ring (bicyclic) bond motifs is 10. The van der Waals surface area contributed by atoms with Crippen molar-refractivity contribution in [1.29, 1.82) is 0 Å². The van der Waals surface area contributed by atoms with Crippen molar-refractivity contribution < 1.29 is 4.42 Å². The molecule has 0 amide bonds. The first kappa shape index (κ1) is 34.7. The fraction of sp³-hybridized carbons (Fsp3) is 0.0351. The first-order valence-electron chi connectivity index (χ1n) is 21.2. The van der Waals surface area contributed by atoms with Gasteiger partial charge in [-0.1, -0.05) is 146 Å². The minimum Gasteiger partial charge on any atom is -0.456 e. The highest BCUT2D eigenvalue weighted by Crippen LogP contribution is 2.41. The Morgan fingerprint density at radius 3 is 1.82 bits per heavy atom. The molecule has 0 fully saturated rings. The molecule has 9 aromatic carbocycles. The van der Waals surface area contributed by atoms with Crippen LogP contribution in [-0.2, 0) is 0 Å². The van der Waals surface area contributed by atoms with Gasteiger partial charge < -0.3 is 8.98 Å². The molecule has 1 atom stereocenters. The molecule has 1 unspecified atom stereocenters. The van der Waals surface area contributed by atoms with Crippen molar-refractivity contribution in [2.24, 2.45) is 0 Å². The van der Waals surface area contributed by atoms with E-state index < -0.39 is 0 Å². The van der Waals surface area contributed by atoms with E-state index in [1.54, 1.807) is 0 Å². The molecule has 62 heavy (non-hydrogen) atoms. The second-order valence-electron chi connectivity index (χ2n) is 16.3. The maximum atomic E-state index is 6.58. The molecule has 1 aliphatic rings. The van der Waals surface area contributed by atoms with E-state index in [-0.39, 0.29) is 5.92 Å². The van der Waals surface area contributed by atoms with Crippen LogP contribution in [0, 0.1) is 0 Å². The van der Waals surface area contributed by atoms with Crippen molar-refractivity contribution in [3.8, 4) is 39.9 Å². The molecule has 12 aromatic rings. The predicted octanol–water partition coefficient (Wildman–Crippen LogP) is 14.9. The molecule has 0 spiro atoms. The van der Waals surface area contributed by atoms with Gasteiger partial charge in [-0.15, -0.1) is 0 Å². The van der Waals surface area contributed by atoms with Gasteiger partial charge in [0.25, 0.3) is 0 Å². The molecule has 0 N–H and O–H groups in total. The molecule has 5 nitrogen and oxygen atoms in total. The SMILES string of the molecule is C1=CCC(c2ccccc2-c2nc(-c3ccccc3)nc(-c3ccc4c(ccc5oc6ccc(-n7c8cc9ccccc9cc8c8cc9ccccc9cc87)cc6c54)c3)n2)C=C1. The average molecular weight is 793 g/mol. The van der Waals surface area contributed by atoms with Gasteiger partial charge in [-0.3, -0.25) is 0 Å². The number of rotatable bonds is 5. The smallest absolute Gasteiger partial charge is 0.164 e. The third-order valence-corrected chi connectivity index (χ3v) is 12.7. The van der Waals surface area contributed by atoms with Gasteiger partial charge in [0, 0.05) is 49.8 Å². The lowest BCUT2D eigenvalue weighted by Crippen LogP contribution is -2.04. The summed E-state index contributed by atoms with van der Waals surface area (Å²) in [5, 5.41) is 11.7. The highest BCUT2D eigenvalue weighted by molar-refractivity contribution is 6.20. The lowest BCUT2D eigenvalue weighted by Gasteiger charge is -2.18. The van der Waals surface area contributed by atoms with Gasteiger partial charge in [0.2, 0.25) is 0 Å². The number of allylic oxidation sites excluding steroid dienone is 4. The lowest BCUT2D eigenvalue weighted by atomic mass is 9.89. The highest BCUT2D eigenvalue weighted by Gasteiger charge is 2.21. The normalized spacial score (nSPS) is 14.1. The summed E-state index contributed by atoms with van der Waals surface area (Å²) in [6.07, 6.45) is 9.66. The average Bonchev–Trinajstić information content (AvgIpc) is 3.87. The Hall–Kier alpha value is -8.15. The maximum absolute atomic E-state index is 6.58. The molecule has 0 aliphatic heterocycles. The topological polar surface area (TPSA) is 56.7 Å². The van der Waals surface area contributed by atoms with E-state index in [0.717, 1.165) is 61.5 Å². The van der Waals surface area contributed by atoms with Gasteiger partial charge in [-0.2, -0.15) is 0 Å². The minimum absolute atomic E-state index is 0.250. The highest BCUT2D eigenvalue weighted by atomic mass is 16.3. The predicted molar refractivity (Wildman–Crippen MR) is 256 cm³/mol. The summed E-state index contributed by atoms with van der Waals surface area (Å²) in [5.74, 6) is 2.20. The third kappa shape index (κ3) is 5.52. The summed E-state index contributed by atoms with van der Waals surface area (Å²) in [7, 11) is 0. The van der Waals surface area contributed by atoms with Crippen molar-refractivity contribution in [2.45, 2.75) is 12.3 Å². The van der Waals surface area contributed by atoms with E-state index in [1.165, 1.54) is 48.9 Å². The van der Waals surface area contributed by atoms with E-state index in [2.05, 4.69) is 187 Å². The van der Waals surface area contributed by atoms with Crippen LogP contribution in [0.5, 0.6) is 0 Å². The molecule has 1 aliphatic carbocycles. The molecule has 0 bridgehead atoms. The van der Waals surface area contributed by atoms with Crippen LogP contribution in [0.15, 0.2) is 205 Å². The second kappa shape index (κ2) is 13.7. The number of nitrogens with zero attached hydrogens (tertiary/aromatic N) is 4. The zero-order valence-corrected chi connectivity index (χ0v) is 33.5. The van der Waals surface area contributed by atoms with Crippen LogP contribution in [0.3, 0.4) is 0 Å². The van der Waals surface area contributed by atoms with Crippen LogP contribution in [0.1, 0.15) is 17.9 Å². The summed E-state index contributed by atoms with van der Waals surface area (Å²) < 4.78 is 9.00. The fourth-order valence-electron chi connectivity index (χ4n) is 9.71. The van der Waals surface area contributed by atoms with Gasteiger partial charge in [0.05, 0.1) is 11.0 Å². The van der Waals surface area contributed by atoms with Crippen molar-refractivity contribution in [1.82, 2.24) is 19.5 Å². The Morgan fingerprint density at radius 1 is 0.452 bits per heavy atom. The molecule has 0 saturated carbocycles. The molecule has 3 heterocycles. The number of hydrogen-bond donors (Lipinski definition) is 0. The van der Waals surface area contributed by atoms with Gasteiger partial charge in [-0.05, 0) is 98.9 Å². The van der Waals surface area contributed by atoms with Crippen LogP contribution in [0.25, 0.3) is 116 Å². The zero-order chi connectivity index (χ0) is 40.7. The van der Waals surface area contributed by atoms with Gasteiger partial charge in [0.1, 0.15) is 11.2 Å². The first-order chi connectivity index (χ1) is 30.7. The first-order valence-corrected chi connectivity index (χ1v) is 21.2. The van der Waals surface area contributed by atoms with E-state index in [4.69, 9.17) is 19.4 Å². The summed E-state index contributed by atoms with van der Waals surface area (Å²) in [6.45, 7) is 0. The quantitative estimate of drug-likeness (QED) is 0.174. The van der Waals surface area contributed by atoms with Crippen molar-refractivity contribution in [3.63, 3.8) is 0 Å². The van der Waals surface area contributed by atoms with Crippen LogP contribution in [-0.4, -0.2) is 19.5 Å². The van der Waals surface area contributed by atoms with Crippen molar-refractivity contribution >= 4 is 76.1 Å². The number of aromatic nitrogens is 4. The lowest BCUT2D eigenvalue weighted by molar-refractivity contribution is 0.669. The monoisotopic (exact) mass is 792 g/mol. The largest absolute Gasteiger partial charge is 0.456 e. The summed E-state index contributed by atoms with van der Waals surface area (Å²) in [4.78, 5) is 15.4. The Bertz CT molecular complexity index is 3760. The molecular formula is C57H36N4O. The van der Waals surface area contributed by atoms with Gasteiger partial charge in [0.15, 0.2) is 17.5 Å². The zero-order valence-electron chi connectivity index (χ0n) is 33.5. The Kier molecular flexibility index (Phi) is 7.66. The Morgan fingerprint density at radius 2 is 1.10 bits per heavy atom. The minimum atomic E-state index is 0.250. The van der Waals surface area contributed by atoms with Crippen molar-refractivity contribution in [3.05, 3.63) is 206 Å². The number of benzene rings is 9. The molecule has 0 radical (unpaired) electrons. The van der Waals surface area contributed by atoms with E-state index in [9.17, 15) is 0 Å². The Balaban J connectivity index is 0.988. The Labute approximate surface area is 356 Å². The summed E-state index contributed by atoms with van der Waals surface area (Å²) in [5.41, 5.74) is 9.25. The molecule has 3 aromatic heterocycles. The third-order valence-electron chi connectivity index (χ3n) is 12.7. The van der Waals surface area contributed by atoms with Crippen LogP contribution in [0.2, 0.25) is 0 Å². The second-order valence-corrected chi connectivity index (χ2v) is 16.3. The van der Waals surface area contributed by atoms with E-state index >= 15 is 0 Å². The van der Waals surface area contributed by atoms with E-state index in [1.807, 2.05) is 18.2 Å². The van der Waals surface area contributed by atoms with Crippen molar-refractivity contribution in [2.75, 3.05) is 0 Å². The number of furan rings is 1. The van der Waals surface area contributed by atoms with Crippen LogP contribution < -0.4 is 0 Å². The number of hydrogen-bond acceptors (Lipinski definition) is 4. The van der Waals surface area contributed by atoms with Crippen LogP contribution >= 0.6 is 0 Å². The summed E-state index contributed by atoms with van der Waals surface area (Å²) >= 11 is 0. The van der Waals surface area contributed by atoms with E-state index in [0.29, 0.717) is 17.5 Å². The van der Waals surface area contributed by atoms with Crippen LogP contribution in [0.4, 0.5) is 0 Å². The molecule has 0 saturated heterocycles. The molecule has 290 valence electrons. The standard InChI is InChI=1S/C57H36N4O/c1-3-13-35(14-4-1)44-21-11-12-22-46(44)57-59-55(36-15-5-2-6-16-36)58-56(60-57)42-23-26-45-41(29-42)24-27-53-54(45)49-34-43(25-28-52(49)62-53)61-50-32-39-19-9-7-17-37(39)30-47(50)48-31-38-18-8-10-20-40(38)33-51(48)61/h1-13,15-35H,14H2. The molecule has 5 heteroatoms. The maximum Gasteiger partial charge on any atom is 0.164 e. The van der Waals surface area contributed by atoms with Gasteiger partial charge >= 0.3 is 0 Å².